The molecule has 0 amide bonds. The van der Waals surface area contributed by atoms with Crippen molar-refractivity contribution >= 4 is 11.6 Å². The molecule has 3 heteroatoms. The van der Waals surface area contributed by atoms with Gasteiger partial charge in [0.1, 0.15) is 11.9 Å². The van der Waals surface area contributed by atoms with E-state index in [1.165, 1.54) is 0 Å². The van der Waals surface area contributed by atoms with Crippen LogP contribution in [0.4, 0.5) is 0 Å². The highest BCUT2D eigenvalue weighted by Gasteiger charge is 2.18. The van der Waals surface area contributed by atoms with E-state index >= 15 is 0 Å². The Morgan fingerprint density at radius 1 is 1.46 bits per heavy atom. The zero-order valence-electron chi connectivity index (χ0n) is 7.51. The van der Waals surface area contributed by atoms with Crippen LogP contribution >= 0.6 is 11.6 Å². The fourth-order valence-electron chi connectivity index (χ4n) is 1.23. The summed E-state index contributed by atoms with van der Waals surface area (Å²) in [6.07, 6.45) is 0.317. The number of hydrogen-bond donors (Lipinski definition) is 1. The molecular formula is C10H12ClNO. The molecule has 13 heavy (non-hydrogen) atoms. The van der Waals surface area contributed by atoms with Crippen molar-refractivity contribution in [3.63, 3.8) is 0 Å². The van der Waals surface area contributed by atoms with Crippen molar-refractivity contribution in [2.75, 3.05) is 13.1 Å². The normalized spacial score (nSPS) is 16.8. The molecule has 0 aliphatic carbocycles. The van der Waals surface area contributed by atoms with Crippen LogP contribution in [0.25, 0.3) is 0 Å². The van der Waals surface area contributed by atoms with Crippen molar-refractivity contribution in [3.05, 3.63) is 28.8 Å². The van der Waals surface area contributed by atoms with Crippen LogP contribution in [0, 0.1) is 6.92 Å². The summed E-state index contributed by atoms with van der Waals surface area (Å²) < 4.78 is 5.71. The number of benzene rings is 1. The number of halogens is 1. The van der Waals surface area contributed by atoms with Crippen LogP contribution in [-0.2, 0) is 0 Å². The van der Waals surface area contributed by atoms with Gasteiger partial charge in [-0.2, -0.15) is 0 Å². The minimum atomic E-state index is 0.317. The largest absolute Gasteiger partial charge is 0.487 e. The summed E-state index contributed by atoms with van der Waals surface area (Å²) in [7, 11) is 0. The Labute approximate surface area is 82.9 Å². The summed E-state index contributed by atoms with van der Waals surface area (Å²) in [4.78, 5) is 0. The summed E-state index contributed by atoms with van der Waals surface area (Å²) in [6, 6.07) is 5.72. The molecule has 2 nitrogen and oxygen atoms in total. The lowest BCUT2D eigenvalue weighted by Gasteiger charge is -2.28. The fourth-order valence-corrected chi connectivity index (χ4v) is 1.39. The molecule has 1 aromatic rings. The lowest BCUT2D eigenvalue weighted by Crippen LogP contribution is -2.50. The first-order chi connectivity index (χ1) is 6.25. The lowest BCUT2D eigenvalue weighted by atomic mass is 10.2. The van der Waals surface area contributed by atoms with Crippen molar-refractivity contribution < 1.29 is 4.74 Å². The third-order valence-electron chi connectivity index (χ3n) is 2.19. The van der Waals surface area contributed by atoms with Crippen molar-refractivity contribution in [2.24, 2.45) is 0 Å². The standard InChI is InChI=1S/C10H12ClNO/c1-7-2-3-8(11)4-10(7)13-9-5-12-6-9/h2-4,9,12H,5-6H2,1H3. The van der Waals surface area contributed by atoms with Gasteiger partial charge in [-0.15, -0.1) is 0 Å². The Morgan fingerprint density at radius 3 is 2.85 bits per heavy atom. The van der Waals surface area contributed by atoms with E-state index in [0.717, 1.165) is 29.4 Å². The first kappa shape index (κ1) is 8.85. The number of ether oxygens (including phenoxy) is 1. The van der Waals surface area contributed by atoms with Crippen molar-refractivity contribution in [1.82, 2.24) is 5.32 Å². The summed E-state index contributed by atoms with van der Waals surface area (Å²) in [5.74, 6) is 0.902. The molecule has 0 aromatic heterocycles. The molecule has 0 saturated carbocycles. The molecule has 1 N–H and O–H groups in total. The first-order valence-electron chi connectivity index (χ1n) is 4.39. The summed E-state index contributed by atoms with van der Waals surface area (Å²) in [6.45, 7) is 3.90. The van der Waals surface area contributed by atoms with Crippen molar-refractivity contribution in [2.45, 2.75) is 13.0 Å². The molecule has 0 atom stereocenters. The number of hydrogen-bond acceptors (Lipinski definition) is 2. The van der Waals surface area contributed by atoms with E-state index in [1.54, 1.807) is 0 Å². The predicted molar refractivity (Wildman–Crippen MR) is 53.5 cm³/mol. The molecule has 0 spiro atoms. The quantitative estimate of drug-likeness (QED) is 0.783. The summed E-state index contributed by atoms with van der Waals surface area (Å²) in [5, 5.41) is 3.89. The maximum Gasteiger partial charge on any atom is 0.124 e. The molecule has 2 rings (SSSR count). The maximum atomic E-state index is 5.87. The molecule has 1 fully saturated rings. The van der Waals surface area contributed by atoms with Gasteiger partial charge >= 0.3 is 0 Å². The minimum absolute atomic E-state index is 0.317. The Bertz CT molecular complexity index is 310. The first-order valence-corrected chi connectivity index (χ1v) is 4.77. The van der Waals surface area contributed by atoms with E-state index in [2.05, 4.69) is 5.32 Å². The fraction of sp³-hybridized carbons (Fsp3) is 0.400. The zero-order chi connectivity index (χ0) is 9.26. The molecule has 0 bridgehead atoms. The predicted octanol–water partition coefficient (Wildman–Crippen LogP) is 2.00. The monoisotopic (exact) mass is 197 g/mol. The van der Waals surface area contributed by atoms with E-state index in [9.17, 15) is 0 Å². The molecule has 1 heterocycles. The van der Waals surface area contributed by atoms with Gasteiger partial charge in [0, 0.05) is 18.1 Å². The van der Waals surface area contributed by atoms with E-state index in [4.69, 9.17) is 16.3 Å². The smallest absolute Gasteiger partial charge is 0.124 e. The molecular weight excluding hydrogens is 186 g/mol. The molecule has 1 saturated heterocycles. The van der Waals surface area contributed by atoms with Gasteiger partial charge in [-0.3, -0.25) is 0 Å². The van der Waals surface area contributed by atoms with Crippen LogP contribution in [0.2, 0.25) is 5.02 Å². The Morgan fingerprint density at radius 2 is 2.23 bits per heavy atom. The van der Waals surface area contributed by atoms with Crippen LogP contribution in [-0.4, -0.2) is 19.2 Å². The molecule has 0 unspecified atom stereocenters. The SMILES string of the molecule is Cc1ccc(Cl)cc1OC1CNC1. The van der Waals surface area contributed by atoms with Crippen LogP contribution in [0.1, 0.15) is 5.56 Å². The maximum absolute atomic E-state index is 5.87. The highest BCUT2D eigenvalue weighted by molar-refractivity contribution is 6.30. The molecule has 0 radical (unpaired) electrons. The molecule has 70 valence electrons. The summed E-state index contributed by atoms with van der Waals surface area (Å²) >= 11 is 5.87. The van der Waals surface area contributed by atoms with E-state index in [-0.39, 0.29) is 0 Å². The van der Waals surface area contributed by atoms with E-state index in [0.29, 0.717) is 6.10 Å². The summed E-state index contributed by atoms with van der Waals surface area (Å²) in [5.41, 5.74) is 1.14. The minimum Gasteiger partial charge on any atom is -0.487 e. The van der Waals surface area contributed by atoms with Gasteiger partial charge in [-0.05, 0) is 24.6 Å². The number of rotatable bonds is 2. The topological polar surface area (TPSA) is 21.3 Å². The van der Waals surface area contributed by atoms with Gasteiger partial charge in [0.15, 0.2) is 0 Å². The van der Waals surface area contributed by atoms with Gasteiger partial charge in [0.25, 0.3) is 0 Å². The Kier molecular flexibility index (Phi) is 2.42. The lowest BCUT2D eigenvalue weighted by molar-refractivity contribution is 0.141. The third-order valence-corrected chi connectivity index (χ3v) is 2.42. The average Bonchev–Trinajstić information content (AvgIpc) is 2.03. The second-order valence-electron chi connectivity index (χ2n) is 3.31. The number of nitrogens with one attached hydrogen (secondary N) is 1. The van der Waals surface area contributed by atoms with E-state index in [1.807, 2.05) is 25.1 Å². The highest BCUT2D eigenvalue weighted by Crippen LogP contribution is 2.23. The second-order valence-corrected chi connectivity index (χ2v) is 3.74. The van der Waals surface area contributed by atoms with Crippen LogP contribution in [0.15, 0.2) is 18.2 Å². The second kappa shape index (κ2) is 3.56. The third kappa shape index (κ3) is 1.95. The van der Waals surface area contributed by atoms with Crippen molar-refractivity contribution in [1.29, 1.82) is 0 Å². The van der Waals surface area contributed by atoms with Gasteiger partial charge in [0.2, 0.25) is 0 Å². The van der Waals surface area contributed by atoms with Gasteiger partial charge in [-0.25, -0.2) is 0 Å². The Balaban J connectivity index is 2.13. The van der Waals surface area contributed by atoms with Gasteiger partial charge < -0.3 is 10.1 Å². The van der Waals surface area contributed by atoms with Crippen molar-refractivity contribution in [3.8, 4) is 5.75 Å². The average molecular weight is 198 g/mol. The molecule has 1 aromatic carbocycles. The van der Waals surface area contributed by atoms with Crippen LogP contribution in [0.3, 0.4) is 0 Å². The van der Waals surface area contributed by atoms with Crippen LogP contribution in [0.5, 0.6) is 5.75 Å². The van der Waals surface area contributed by atoms with Crippen LogP contribution < -0.4 is 10.1 Å². The van der Waals surface area contributed by atoms with Gasteiger partial charge in [-0.1, -0.05) is 17.7 Å². The zero-order valence-corrected chi connectivity index (χ0v) is 8.27. The Hall–Kier alpha value is -0.730. The molecule has 1 aliphatic heterocycles. The van der Waals surface area contributed by atoms with E-state index < -0.39 is 0 Å². The molecule has 1 aliphatic rings. The number of aryl methyl sites for hydroxylation is 1. The highest BCUT2D eigenvalue weighted by atomic mass is 35.5. The van der Waals surface area contributed by atoms with Gasteiger partial charge in [0.05, 0.1) is 0 Å².